The fraction of sp³-hybridized carbons (Fsp3) is 0.417. The average molecular weight is 425 g/mol. The number of aliphatic imine (C=N–C) groups is 1. The van der Waals surface area contributed by atoms with Crippen molar-refractivity contribution in [2.45, 2.75) is 32.7 Å². The van der Waals surface area contributed by atoms with Crippen molar-refractivity contribution in [3.8, 4) is 11.5 Å². The van der Waals surface area contributed by atoms with Crippen LogP contribution < -0.4 is 20.1 Å². The second-order valence-electron chi connectivity index (χ2n) is 7.40. The van der Waals surface area contributed by atoms with Crippen LogP contribution in [0.25, 0.3) is 0 Å². The molecule has 7 heteroatoms. The summed E-state index contributed by atoms with van der Waals surface area (Å²) in [7, 11) is 3.34. The van der Waals surface area contributed by atoms with Crippen molar-refractivity contribution in [1.82, 2.24) is 10.2 Å². The number of guanidine groups is 1. The van der Waals surface area contributed by atoms with Gasteiger partial charge in [-0.15, -0.1) is 0 Å². The number of carbonyl (C=O) groups excluding carboxylic acids is 1. The highest BCUT2D eigenvalue weighted by atomic mass is 16.5. The van der Waals surface area contributed by atoms with Gasteiger partial charge in [0.15, 0.2) is 17.5 Å². The number of ether oxygens (including phenoxy) is 2. The molecule has 7 nitrogen and oxygen atoms in total. The number of nitrogens with zero attached hydrogens (tertiary/aromatic N) is 2. The number of hydrogen-bond donors (Lipinski definition) is 2. The van der Waals surface area contributed by atoms with Gasteiger partial charge in [0, 0.05) is 44.0 Å². The summed E-state index contributed by atoms with van der Waals surface area (Å²) in [5.74, 6) is 2.13. The number of likely N-dealkylation sites (tertiary alicyclic amines) is 1. The van der Waals surface area contributed by atoms with Crippen LogP contribution in [0.1, 0.15) is 42.1 Å². The van der Waals surface area contributed by atoms with E-state index < -0.39 is 0 Å². The van der Waals surface area contributed by atoms with Crippen LogP contribution in [0.4, 0.5) is 5.69 Å². The van der Waals surface area contributed by atoms with Crippen LogP contribution in [0.2, 0.25) is 0 Å². The molecule has 1 saturated heterocycles. The summed E-state index contributed by atoms with van der Waals surface area (Å²) in [5, 5.41) is 6.55. The van der Waals surface area contributed by atoms with Crippen molar-refractivity contribution in [3.63, 3.8) is 0 Å². The molecule has 2 aromatic rings. The molecule has 0 spiro atoms. The second kappa shape index (κ2) is 11.2. The Bertz CT molecular complexity index is 890. The number of amides is 1. The molecule has 0 saturated carbocycles. The van der Waals surface area contributed by atoms with E-state index in [9.17, 15) is 4.79 Å². The summed E-state index contributed by atoms with van der Waals surface area (Å²) < 4.78 is 11.0. The van der Waals surface area contributed by atoms with E-state index in [1.807, 2.05) is 54.3 Å². The lowest BCUT2D eigenvalue weighted by atomic mass is 10.1. The molecule has 2 N–H and O–H groups in total. The lowest BCUT2D eigenvalue weighted by Crippen LogP contribution is -2.35. The van der Waals surface area contributed by atoms with Gasteiger partial charge in [-0.2, -0.15) is 0 Å². The number of nitrogens with one attached hydrogen (secondary N) is 2. The molecule has 0 bridgehead atoms. The van der Waals surface area contributed by atoms with Gasteiger partial charge >= 0.3 is 0 Å². The Balaban J connectivity index is 1.56. The highest BCUT2D eigenvalue weighted by Crippen LogP contribution is 2.30. The van der Waals surface area contributed by atoms with Gasteiger partial charge in [0.2, 0.25) is 0 Å². The van der Waals surface area contributed by atoms with E-state index in [1.165, 1.54) is 6.42 Å². The van der Waals surface area contributed by atoms with Gasteiger partial charge < -0.3 is 25.0 Å². The molecule has 0 radical (unpaired) electrons. The van der Waals surface area contributed by atoms with E-state index >= 15 is 0 Å². The molecule has 0 aromatic heterocycles. The molecular weight excluding hydrogens is 392 g/mol. The van der Waals surface area contributed by atoms with Gasteiger partial charge in [-0.05, 0) is 56.0 Å². The molecule has 0 aliphatic carbocycles. The van der Waals surface area contributed by atoms with Gasteiger partial charge in [-0.3, -0.25) is 9.79 Å². The molecule has 3 rings (SSSR count). The van der Waals surface area contributed by atoms with Crippen LogP contribution in [0.3, 0.4) is 0 Å². The van der Waals surface area contributed by atoms with Crippen LogP contribution in [-0.2, 0) is 6.54 Å². The minimum absolute atomic E-state index is 0.126. The van der Waals surface area contributed by atoms with Gasteiger partial charge in [0.05, 0.1) is 13.7 Å². The molecule has 31 heavy (non-hydrogen) atoms. The molecule has 1 amide bonds. The first-order valence-corrected chi connectivity index (χ1v) is 10.8. The van der Waals surface area contributed by atoms with E-state index in [-0.39, 0.29) is 5.91 Å². The second-order valence-corrected chi connectivity index (χ2v) is 7.40. The van der Waals surface area contributed by atoms with E-state index in [0.717, 1.165) is 42.7 Å². The Morgan fingerprint density at radius 1 is 1.06 bits per heavy atom. The third-order valence-corrected chi connectivity index (χ3v) is 5.25. The largest absolute Gasteiger partial charge is 0.493 e. The average Bonchev–Trinajstić information content (AvgIpc) is 2.83. The summed E-state index contributed by atoms with van der Waals surface area (Å²) in [6.07, 6.45) is 3.41. The fourth-order valence-electron chi connectivity index (χ4n) is 3.57. The topological polar surface area (TPSA) is 75.2 Å². The zero-order chi connectivity index (χ0) is 22.1. The Kier molecular flexibility index (Phi) is 8.15. The summed E-state index contributed by atoms with van der Waals surface area (Å²) in [6.45, 7) is 4.83. The quantitative estimate of drug-likeness (QED) is 0.521. The van der Waals surface area contributed by atoms with Crippen molar-refractivity contribution in [1.29, 1.82) is 0 Å². The number of anilines is 1. The lowest BCUT2D eigenvalue weighted by molar-refractivity contribution is 0.0724. The van der Waals surface area contributed by atoms with E-state index in [0.29, 0.717) is 30.6 Å². The summed E-state index contributed by atoms with van der Waals surface area (Å²) in [5.41, 5.74) is 2.66. The normalized spacial score (nSPS) is 14.2. The van der Waals surface area contributed by atoms with E-state index in [4.69, 9.17) is 9.47 Å². The van der Waals surface area contributed by atoms with Crippen molar-refractivity contribution in [2.75, 3.05) is 39.2 Å². The molecule has 166 valence electrons. The van der Waals surface area contributed by atoms with Gasteiger partial charge in [-0.25, -0.2) is 0 Å². The monoisotopic (exact) mass is 424 g/mol. The molecule has 1 aliphatic rings. The molecule has 2 aromatic carbocycles. The Morgan fingerprint density at radius 3 is 2.45 bits per heavy atom. The number of methoxy groups -OCH3 is 1. The highest BCUT2D eigenvalue weighted by Gasteiger charge is 2.17. The Hall–Kier alpha value is -3.22. The van der Waals surface area contributed by atoms with Crippen LogP contribution in [0.5, 0.6) is 11.5 Å². The third kappa shape index (κ3) is 6.13. The number of carbonyl (C=O) groups is 1. The molecule has 1 heterocycles. The van der Waals surface area contributed by atoms with Crippen LogP contribution in [-0.4, -0.2) is 50.6 Å². The minimum Gasteiger partial charge on any atom is -0.493 e. The smallest absolute Gasteiger partial charge is 0.253 e. The maximum atomic E-state index is 12.6. The number of piperidine rings is 1. The predicted octanol–water partition coefficient (Wildman–Crippen LogP) is 3.91. The number of rotatable bonds is 7. The molecule has 0 unspecified atom stereocenters. The first-order valence-electron chi connectivity index (χ1n) is 10.8. The van der Waals surface area contributed by atoms with Crippen molar-refractivity contribution < 1.29 is 14.3 Å². The highest BCUT2D eigenvalue weighted by molar-refractivity contribution is 5.95. The van der Waals surface area contributed by atoms with Crippen LogP contribution in [0.15, 0.2) is 47.5 Å². The Morgan fingerprint density at radius 2 is 1.81 bits per heavy atom. The van der Waals surface area contributed by atoms with Crippen molar-refractivity contribution >= 4 is 17.6 Å². The van der Waals surface area contributed by atoms with Crippen LogP contribution in [0, 0.1) is 0 Å². The third-order valence-electron chi connectivity index (χ3n) is 5.25. The van der Waals surface area contributed by atoms with Crippen molar-refractivity contribution in [3.05, 3.63) is 53.6 Å². The SMILES string of the molecule is CCOc1ccc(NC(=NC)NCc2ccc(C(=O)N3CCCCC3)cc2)cc1OC. The number of benzene rings is 2. The summed E-state index contributed by atoms with van der Waals surface area (Å²) >= 11 is 0. The predicted molar refractivity (Wildman–Crippen MR) is 124 cm³/mol. The standard InChI is InChI=1S/C24H32N4O3/c1-4-31-21-13-12-20(16-22(21)30-3)27-24(25-2)26-17-18-8-10-19(11-9-18)23(29)28-14-6-5-7-15-28/h8-13,16H,4-7,14-15,17H2,1-3H3,(H2,25,26,27). The Labute approximate surface area is 184 Å². The lowest BCUT2D eigenvalue weighted by Gasteiger charge is -2.26. The maximum Gasteiger partial charge on any atom is 0.253 e. The molecule has 0 atom stereocenters. The number of hydrogen-bond acceptors (Lipinski definition) is 4. The fourth-order valence-corrected chi connectivity index (χ4v) is 3.57. The molecule has 1 aliphatic heterocycles. The zero-order valence-electron chi connectivity index (χ0n) is 18.6. The van der Waals surface area contributed by atoms with Gasteiger partial charge in [0.1, 0.15) is 0 Å². The summed E-state index contributed by atoms with van der Waals surface area (Å²) in [6, 6.07) is 13.4. The van der Waals surface area contributed by atoms with Crippen LogP contribution >= 0.6 is 0 Å². The zero-order valence-corrected chi connectivity index (χ0v) is 18.6. The maximum absolute atomic E-state index is 12.6. The first-order chi connectivity index (χ1) is 15.1. The summed E-state index contributed by atoms with van der Waals surface area (Å²) in [4.78, 5) is 18.8. The van der Waals surface area contributed by atoms with Crippen molar-refractivity contribution in [2.24, 2.45) is 4.99 Å². The van der Waals surface area contributed by atoms with Gasteiger partial charge in [-0.1, -0.05) is 12.1 Å². The van der Waals surface area contributed by atoms with Gasteiger partial charge in [0.25, 0.3) is 5.91 Å². The van der Waals surface area contributed by atoms with E-state index in [2.05, 4.69) is 15.6 Å². The molecule has 1 fully saturated rings. The van der Waals surface area contributed by atoms with E-state index in [1.54, 1.807) is 14.2 Å². The minimum atomic E-state index is 0.126. The first kappa shape index (κ1) is 22.5. The molecular formula is C24H32N4O3.